The average Bonchev–Trinajstić information content (AvgIpc) is 3.08. The predicted molar refractivity (Wildman–Crippen MR) is 118 cm³/mol. The molecule has 0 bridgehead atoms. The molecule has 0 fully saturated rings. The first-order valence-electron chi connectivity index (χ1n) is 8.90. The molecule has 0 saturated heterocycles. The molecule has 0 saturated carbocycles. The van der Waals surface area contributed by atoms with Crippen LogP contribution >= 0.6 is 15.9 Å². The quantitative estimate of drug-likeness (QED) is 0.411. The van der Waals surface area contributed by atoms with Gasteiger partial charge in [0.15, 0.2) is 0 Å². The summed E-state index contributed by atoms with van der Waals surface area (Å²) in [5.74, 6) is 0. The number of hydrogen-bond donors (Lipinski definition) is 1. The standard InChI is InChI=1S/C23H18BrN3O/c1-16(25-19-14-12-18(24)13-15-19)21-22(17-8-4-2-5-9-17)26-27(23(21)28)20-10-6-3-7-11-20/h2-15,26H,1H3. The molecule has 28 heavy (non-hydrogen) atoms. The Morgan fingerprint density at radius 3 is 2.14 bits per heavy atom. The number of aromatic nitrogens is 2. The Labute approximate surface area is 171 Å². The number of halogens is 1. The van der Waals surface area contributed by atoms with Crippen molar-refractivity contribution < 1.29 is 0 Å². The average molecular weight is 432 g/mol. The molecular weight excluding hydrogens is 414 g/mol. The van der Waals surface area contributed by atoms with Crippen LogP contribution in [0.25, 0.3) is 16.9 Å². The van der Waals surface area contributed by atoms with Crippen LogP contribution in [-0.4, -0.2) is 15.5 Å². The molecule has 0 aliphatic rings. The summed E-state index contributed by atoms with van der Waals surface area (Å²) in [6.07, 6.45) is 0. The van der Waals surface area contributed by atoms with E-state index in [1.807, 2.05) is 91.9 Å². The number of para-hydroxylation sites is 1. The van der Waals surface area contributed by atoms with Gasteiger partial charge in [-0.05, 0) is 43.3 Å². The summed E-state index contributed by atoms with van der Waals surface area (Å²) in [4.78, 5) is 18.0. The molecule has 4 aromatic rings. The third-order valence-corrected chi connectivity index (χ3v) is 4.98. The van der Waals surface area contributed by atoms with Gasteiger partial charge in [0.05, 0.1) is 28.3 Å². The van der Waals surface area contributed by atoms with Gasteiger partial charge in [0.1, 0.15) is 0 Å². The summed E-state index contributed by atoms with van der Waals surface area (Å²) in [6, 6.07) is 27.1. The molecule has 0 amide bonds. The lowest BCUT2D eigenvalue weighted by Gasteiger charge is -2.03. The van der Waals surface area contributed by atoms with Crippen LogP contribution in [0.1, 0.15) is 12.5 Å². The number of nitrogens with zero attached hydrogens (tertiary/aromatic N) is 2. The fraction of sp³-hybridized carbons (Fsp3) is 0.0435. The zero-order valence-electron chi connectivity index (χ0n) is 15.3. The maximum absolute atomic E-state index is 13.3. The fourth-order valence-electron chi connectivity index (χ4n) is 3.11. The van der Waals surface area contributed by atoms with E-state index < -0.39 is 0 Å². The van der Waals surface area contributed by atoms with Crippen LogP contribution in [-0.2, 0) is 0 Å². The molecule has 1 aromatic heterocycles. The Bertz CT molecular complexity index is 1170. The smallest absolute Gasteiger partial charge is 0.280 e. The molecule has 0 aliphatic carbocycles. The van der Waals surface area contributed by atoms with Gasteiger partial charge in [0.25, 0.3) is 5.56 Å². The Morgan fingerprint density at radius 2 is 1.50 bits per heavy atom. The fourth-order valence-corrected chi connectivity index (χ4v) is 3.37. The first-order chi connectivity index (χ1) is 13.6. The lowest BCUT2D eigenvalue weighted by atomic mass is 10.1. The summed E-state index contributed by atoms with van der Waals surface area (Å²) in [6.45, 7) is 1.87. The molecule has 1 heterocycles. The van der Waals surface area contributed by atoms with Gasteiger partial charge >= 0.3 is 0 Å². The minimum Gasteiger partial charge on any atom is -0.290 e. The van der Waals surface area contributed by atoms with Crippen molar-refractivity contribution in [2.45, 2.75) is 6.92 Å². The summed E-state index contributed by atoms with van der Waals surface area (Å²) < 4.78 is 2.56. The Kier molecular flexibility index (Phi) is 5.08. The van der Waals surface area contributed by atoms with Crippen molar-refractivity contribution in [3.8, 4) is 16.9 Å². The third-order valence-electron chi connectivity index (χ3n) is 4.45. The van der Waals surface area contributed by atoms with Gasteiger partial charge in [-0.25, -0.2) is 4.68 Å². The molecule has 1 N–H and O–H groups in total. The van der Waals surface area contributed by atoms with Crippen molar-refractivity contribution >= 4 is 27.3 Å². The van der Waals surface area contributed by atoms with Gasteiger partial charge in [-0.1, -0.05) is 64.5 Å². The van der Waals surface area contributed by atoms with Gasteiger partial charge in [-0.2, -0.15) is 0 Å². The molecule has 0 radical (unpaired) electrons. The molecule has 0 aliphatic heterocycles. The normalized spacial score (nSPS) is 11.6. The van der Waals surface area contributed by atoms with Crippen molar-refractivity contribution in [3.05, 3.63) is 105 Å². The molecule has 3 aromatic carbocycles. The van der Waals surface area contributed by atoms with Crippen molar-refractivity contribution in [2.24, 2.45) is 4.99 Å². The monoisotopic (exact) mass is 431 g/mol. The van der Waals surface area contributed by atoms with Crippen LogP contribution in [0, 0.1) is 0 Å². The van der Waals surface area contributed by atoms with Gasteiger partial charge in [0.2, 0.25) is 0 Å². The SMILES string of the molecule is CC(=Nc1ccc(Br)cc1)c1c(-c2ccccc2)[nH]n(-c2ccccc2)c1=O. The highest BCUT2D eigenvalue weighted by molar-refractivity contribution is 9.10. The van der Waals surface area contributed by atoms with Gasteiger partial charge in [-0.3, -0.25) is 14.9 Å². The highest BCUT2D eigenvalue weighted by Gasteiger charge is 2.19. The molecule has 4 nitrogen and oxygen atoms in total. The highest BCUT2D eigenvalue weighted by Crippen LogP contribution is 2.23. The molecule has 5 heteroatoms. The van der Waals surface area contributed by atoms with E-state index in [9.17, 15) is 4.79 Å². The Morgan fingerprint density at radius 1 is 0.893 bits per heavy atom. The highest BCUT2D eigenvalue weighted by atomic mass is 79.9. The minimum atomic E-state index is -0.122. The second kappa shape index (κ2) is 7.82. The number of rotatable bonds is 4. The molecule has 0 atom stereocenters. The number of H-pyrrole nitrogens is 1. The Hall–Kier alpha value is -3.18. The van der Waals surface area contributed by atoms with Crippen molar-refractivity contribution in [2.75, 3.05) is 0 Å². The zero-order chi connectivity index (χ0) is 19.5. The van der Waals surface area contributed by atoms with Crippen LogP contribution in [0.15, 0.2) is 99.2 Å². The van der Waals surface area contributed by atoms with Crippen molar-refractivity contribution in [1.29, 1.82) is 0 Å². The van der Waals surface area contributed by atoms with Crippen LogP contribution in [0.4, 0.5) is 5.69 Å². The van der Waals surface area contributed by atoms with Crippen molar-refractivity contribution in [3.63, 3.8) is 0 Å². The van der Waals surface area contributed by atoms with E-state index >= 15 is 0 Å². The minimum absolute atomic E-state index is 0.122. The lowest BCUT2D eigenvalue weighted by molar-refractivity contribution is 0.852. The van der Waals surface area contributed by atoms with Crippen LogP contribution in [0.2, 0.25) is 0 Å². The lowest BCUT2D eigenvalue weighted by Crippen LogP contribution is -2.19. The van der Waals surface area contributed by atoms with Crippen LogP contribution in [0.5, 0.6) is 0 Å². The van der Waals surface area contributed by atoms with E-state index in [4.69, 9.17) is 0 Å². The van der Waals surface area contributed by atoms with E-state index in [1.165, 1.54) is 0 Å². The molecule has 138 valence electrons. The van der Waals surface area contributed by atoms with Crippen LogP contribution in [0.3, 0.4) is 0 Å². The maximum Gasteiger partial charge on any atom is 0.280 e. The summed E-state index contributed by atoms with van der Waals surface area (Å²) in [5, 5.41) is 3.27. The largest absolute Gasteiger partial charge is 0.290 e. The van der Waals surface area contributed by atoms with E-state index in [0.717, 1.165) is 27.1 Å². The maximum atomic E-state index is 13.3. The third kappa shape index (κ3) is 3.62. The first kappa shape index (κ1) is 18.2. The number of aromatic amines is 1. The number of aliphatic imine (C=N–C) groups is 1. The van der Waals surface area contributed by atoms with E-state index in [1.54, 1.807) is 4.68 Å². The topological polar surface area (TPSA) is 50.1 Å². The van der Waals surface area contributed by atoms with E-state index in [2.05, 4.69) is 26.0 Å². The molecule has 4 rings (SSSR count). The van der Waals surface area contributed by atoms with Crippen LogP contribution < -0.4 is 5.56 Å². The summed E-state index contributed by atoms with van der Waals surface area (Å²) in [7, 11) is 0. The second-order valence-corrected chi connectivity index (χ2v) is 7.29. The second-order valence-electron chi connectivity index (χ2n) is 6.38. The van der Waals surface area contributed by atoms with Gasteiger partial charge in [0, 0.05) is 10.0 Å². The summed E-state index contributed by atoms with van der Waals surface area (Å²) in [5.41, 5.74) is 4.39. The zero-order valence-corrected chi connectivity index (χ0v) is 16.8. The van der Waals surface area contributed by atoms with Gasteiger partial charge < -0.3 is 0 Å². The first-order valence-corrected chi connectivity index (χ1v) is 9.70. The number of benzene rings is 3. The van der Waals surface area contributed by atoms with Gasteiger partial charge in [-0.15, -0.1) is 0 Å². The molecular formula is C23H18BrN3O. The summed E-state index contributed by atoms with van der Waals surface area (Å²) >= 11 is 3.43. The van der Waals surface area contributed by atoms with Crippen molar-refractivity contribution in [1.82, 2.24) is 9.78 Å². The van der Waals surface area contributed by atoms with E-state index in [-0.39, 0.29) is 5.56 Å². The molecule has 0 unspecified atom stereocenters. The number of hydrogen-bond acceptors (Lipinski definition) is 2. The molecule has 0 spiro atoms. The predicted octanol–water partition coefficient (Wildman–Crippen LogP) is 5.74. The Balaban J connectivity index is 1.91. The number of nitrogens with one attached hydrogen (secondary N) is 1. The van der Waals surface area contributed by atoms with E-state index in [0.29, 0.717) is 11.3 Å².